The molecule has 1 amide bonds. The first-order valence-corrected chi connectivity index (χ1v) is 11.9. The van der Waals surface area contributed by atoms with E-state index in [0.717, 1.165) is 6.20 Å². The zero-order chi connectivity index (χ0) is 27.7. The summed E-state index contributed by atoms with van der Waals surface area (Å²) < 4.78 is 82.6. The van der Waals surface area contributed by atoms with E-state index in [1.54, 1.807) is 29.2 Å². The lowest BCUT2D eigenvalue weighted by molar-refractivity contribution is -0.204. The number of anilines is 1. The Bertz CT molecular complexity index is 1160. The van der Waals surface area contributed by atoms with Crippen molar-refractivity contribution in [2.45, 2.75) is 43.4 Å². The van der Waals surface area contributed by atoms with Crippen LogP contribution in [-0.4, -0.2) is 77.3 Å². The van der Waals surface area contributed by atoms with Crippen molar-refractivity contribution in [3.8, 4) is 0 Å². The second-order valence-corrected chi connectivity index (χ2v) is 9.37. The van der Waals surface area contributed by atoms with Crippen LogP contribution in [0.1, 0.15) is 28.9 Å². The van der Waals surface area contributed by atoms with Gasteiger partial charge in [0.2, 0.25) is 5.95 Å². The van der Waals surface area contributed by atoms with E-state index in [2.05, 4.69) is 20.0 Å². The molecule has 8 nitrogen and oxygen atoms in total. The van der Waals surface area contributed by atoms with Crippen molar-refractivity contribution >= 4 is 29.4 Å². The number of benzene rings is 1. The molecular formula is C23H22ClF6N5O3. The molecule has 206 valence electrons. The summed E-state index contributed by atoms with van der Waals surface area (Å²) in [6.45, 7) is 0.286. The third-order valence-electron chi connectivity index (χ3n) is 6.30. The Morgan fingerprint density at radius 3 is 2.26 bits per heavy atom. The number of carbonyl (C=O) groups excluding carboxylic acids is 2. The fourth-order valence-corrected chi connectivity index (χ4v) is 4.53. The number of alkyl halides is 6. The first kappa shape index (κ1) is 27.9. The highest BCUT2D eigenvalue weighted by atomic mass is 35.5. The molecule has 0 spiro atoms. The average Bonchev–Trinajstić information content (AvgIpc) is 3.25. The number of aromatic nitrogens is 2. The monoisotopic (exact) mass is 565 g/mol. The van der Waals surface area contributed by atoms with Crippen molar-refractivity contribution in [2.75, 3.05) is 31.1 Å². The minimum atomic E-state index is -5.24. The topological polar surface area (TPSA) is 87.7 Å². The summed E-state index contributed by atoms with van der Waals surface area (Å²) in [7, 11) is 0. The van der Waals surface area contributed by atoms with Gasteiger partial charge in [-0.2, -0.15) is 26.3 Å². The number of amides is 1. The summed E-state index contributed by atoms with van der Waals surface area (Å²) in [6.07, 6.45) is -9.50. The van der Waals surface area contributed by atoms with Gasteiger partial charge in [0.05, 0.1) is 12.6 Å². The van der Waals surface area contributed by atoms with Crippen LogP contribution < -0.4 is 10.2 Å². The van der Waals surface area contributed by atoms with Gasteiger partial charge in [-0.1, -0.05) is 11.6 Å². The van der Waals surface area contributed by atoms with E-state index in [4.69, 9.17) is 11.6 Å². The molecule has 2 fully saturated rings. The van der Waals surface area contributed by atoms with Gasteiger partial charge in [-0.05, 0) is 43.2 Å². The fourth-order valence-electron chi connectivity index (χ4n) is 4.41. The van der Waals surface area contributed by atoms with Crippen LogP contribution >= 0.6 is 11.6 Å². The Hall–Kier alpha value is -3.13. The molecule has 1 N–H and O–H groups in total. The van der Waals surface area contributed by atoms with Crippen LogP contribution in [0, 0.1) is 0 Å². The number of rotatable bonds is 5. The Morgan fingerprint density at radius 2 is 1.66 bits per heavy atom. The molecule has 0 radical (unpaired) electrons. The van der Waals surface area contributed by atoms with E-state index in [9.17, 15) is 35.9 Å². The summed E-state index contributed by atoms with van der Waals surface area (Å²) in [4.78, 5) is 34.4. The number of likely N-dealkylation sites (tertiary alicyclic amines) is 1. The van der Waals surface area contributed by atoms with Crippen molar-refractivity contribution in [2.24, 2.45) is 0 Å². The number of ether oxygens (including phenoxy) is 1. The number of esters is 1. The second-order valence-electron chi connectivity index (χ2n) is 8.93. The van der Waals surface area contributed by atoms with Crippen LogP contribution in [0.3, 0.4) is 0 Å². The molecule has 0 bridgehead atoms. The zero-order valence-corrected chi connectivity index (χ0v) is 20.4. The maximum atomic E-state index is 13.1. The largest absolute Gasteiger partial charge is 0.490 e. The van der Waals surface area contributed by atoms with Crippen LogP contribution in [0.15, 0.2) is 36.5 Å². The highest BCUT2D eigenvalue weighted by Gasteiger charge is 2.46. The lowest BCUT2D eigenvalue weighted by atomic mass is 10.0. The molecule has 0 saturated carbocycles. The van der Waals surface area contributed by atoms with Crippen LogP contribution in [-0.2, 0) is 15.7 Å². The molecule has 0 aliphatic carbocycles. The summed E-state index contributed by atoms with van der Waals surface area (Å²) in [5.74, 6) is -2.93. The van der Waals surface area contributed by atoms with Gasteiger partial charge in [0.15, 0.2) is 0 Å². The molecule has 2 atom stereocenters. The van der Waals surface area contributed by atoms with Crippen LogP contribution in [0.5, 0.6) is 0 Å². The maximum Gasteiger partial charge on any atom is 0.490 e. The highest BCUT2D eigenvalue weighted by Crippen LogP contribution is 2.30. The van der Waals surface area contributed by atoms with Gasteiger partial charge in [0, 0.05) is 42.5 Å². The van der Waals surface area contributed by atoms with Gasteiger partial charge in [0.1, 0.15) is 11.8 Å². The molecular weight excluding hydrogens is 544 g/mol. The third-order valence-corrected chi connectivity index (χ3v) is 6.55. The standard InChI is InChI=1S/C23H22ClF6N5O3/c24-14-3-1-13(2-4-14)19(36)34-9-6-15(7-10-34)32-16-11-35(12-17(16)38-20(37)23(28,29)30)21-31-8-5-18(33-21)22(25,26)27/h1-5,8,15-17,32H,6-7,9-12H2. The summed E-state index contributed by atoms with van der Waals surface area (Å²) in [5, 5.41) is 3.65. The molecule has 2 saturated heterocycles. The Morgan fingerprint density at radius 1 is 1.00 bits per heavy atom. The van der Waals surface area contributed by atoms with Crippen molar-refractivity contribution in [1.29, 1.82) is 0 Å². The molecule has 4 rings (SSSR count). The van der Waals surface area contributed by atoms with Crippen molar-refractivity contribution in [3.63, 3.8) is 0 Å². The number of hydrogen-bond acceptors (Lipinski definition) is 7. The van der Waals surface area contributed by atoms with E-state index >= 15 is 0 Å². The SMILES string of the molecule is O=C(c1ccc(Cl)cc1)N1CCC(NC2CN(c3nccc(C(F)(F)F)n3)CC2OC(=O)C(F)(F)F)CC1. The molecule has 2 aromatic rings. The predicted octanol–water partition coefficient (Wildman–Crippen LogP) is 3.71. The van der Waals surface area contributed by atoms with Gasteiger partial charge >= 0.3 is 18.3 Å². The third kappa shape index (κ3) is 6.65. The molecule has 38 heavy (non-hydrogen) atoms. The van der Waals surface area contributed by atoms with Gasteiger partial charge in [-0.3, -0.25) is 4.79 Å². The smallest absolute Gasteiger partial charge is 0.452 e. The second kappa shape index (κ2) is 10.9. The number of nitrogens with zero attached hydrogens (tertiary/aromatic N) is 4. The molecule has 2 aliphatic heterocycles. The molecule has 2 unspecified atom stereocenters. The molecule has 2 aliphatic rings. The van der Waals surface area contributed by atoms with E-state index in [1.807, 2.05) is 0 Å². The Labute approximate surface area is 217 Å². The van der Waals surface area contributed by atoms with Crippen LogP contribution in [0.2, 0.25) is 5.02 Å². The Balaban J connectivity index is 1.43. The number of carbonyl (C=O) groups is 2. The average molecular weight is 566 g/mol. The molecule has 1 aromatic heterocycles. The predicted molar refractivity (Wildman–Crippen MR) is 122 cm³/mol. The lowest BCUT2D eigenvalue weighted by Crippen LogP contribution is -2.52. The summed E-state index contributed by atoms with van der Waals surface area (Å²) >= 11 is 5.86. The summed E-state index contributed by atoms with van der Waals surface area (Å²) in [6, 6.07) is 6.01. The number of nitrogens with one attached hydrogen (secondary N) is 1. The number of hydrogen-bond donors (Lipinski definition) is 1. The molecule has 1 aromatic carbocycles. The van der Waals surface area contributed by atoms with Crippen LogP contribution in [0.25, 0.3) is 0 Å². The first-order valence-electron chi connectivity index (χ1n) is 11.5. The zero-order valence-electron chi connectivity index (χ0n) is 19.6. The number of piperidine rings is 1. The summed E-state index contributed by atoms with van der Waals surface area (Å²) in [5.41, 5.74) is -0.743. The van der Waals surface area contributed by atoms with Crippen molar-refractivity contribution in [1.82, 2.24) is 20.2 Å². The lowest BCUT2D eigenvalue weighted by Gasteiger charge is -2.34. The van der Waals surface area contributed by atoms with Gasteiger partial charge in [0.25, 0.3) is 5.91 Å². The van der Waals surface area contributed by atoms with E-state index < -0.39 is 36.2 Å². The highest BCUT2D eigenvalue weighted by molar-refractivity contribution is 6.30. The van der Waals surface area contributed by atoms with Gasteiger partial charge in [-0.15, -0.1) is 0 Å². The van der Waals surface area contributed by atoms with E-state index in [-0.39, 0.29) is 31.0 Å². The fraction of sp³-hybridized carbons (Fsp3) is 0.478. The van der Waals surface area contributed by atoms with E-state index in [0.29, 0.717) is 42.6 Å². The minimum absolute atomic E-state index is 0.0962. The Kier molecular flexibility index (Phi) is 8.02. The minimum Gasteiger partial charge on any atom is -0.452 e. The number of halogens is 7. The first-order chi connectivity index (χ1) is 17.8. The van der Waals surface area contributed by atoms with E-state index in [1.165, 1.54) is 4.90 Å². The normalized spacial score (nSPS) is 21.0. The molecule has 3 heterocycles. The quantitative estimate of drug-likeness (QED) is 0.437. The van der Waals surface area contributed by atoms with Crippen molar-refractivity contribution < 1.29 is 40.7 Å². The van der Waals surface area contributed by atoms with Crippen LogP contribution in [0.4, 0.5) is 32.3 Å². The maximum absolute atomic E-state index is 13.1. The van der Waals surface area contributed by atoms with Gasteiger partial charge in [-0.25, -0.2) is 14.8 Å². The van der Waals surface area contributed by atoms with Gasteiger partial charge < -0.3 is 19.9 Å². The van der Waals surface area contributed by atoms with Crippen molar-refractivity contribution in [3.05, 3.63) is 52.8 Å². The molecule has 15 heteroatoms.